The van der Waals surface area contributed by atoms with Crippen molar-refractivity contribution >= 4 is 24.0 Å². The van der Waals surface area contributed by atoms with E-state index in [-0.39, 0.29) is 19.0 Å². The molecule has 114 valence electrons. The van der Waals surface area contributed by atoms with Gasteiger partial charge in [-0.25, -0.2) is 0 Å². The summed E-state index contributed by atoms with van der Waals surface area (Å²) in [5.74, 6) is 1.19. The van der Waals surface area contributed by atoms with Gasteiger partial charge >= 0.3 is 0 Å². The Hall–Kier alpha value is -1.14. The smallest absolute Gasteiger partial charge is 0.240 e. The molecule has 1 fully saturated rings. The van der Waals surface area contributed by atoms with Crippen LogP contribution >= 0.6 is 24.0 Å². The maximum absolute atomic E-state index is 5.95. The summed E-state index contributed by atoms with van der Waals surface area (Å²) in [6, 6.07) is 8.45. The van der Waals surface area contributed by atoms with Crippen LogP contribution in [0.2, 0.25) is 5.02 Å². The van der Waals surface area contributed by atoms with Crippen molar-refractivity contribution in [2.45, 2.75) is 32.0 Å². The van der Waals surface area contributed by atoms with E-state index in [0.29, 0.717) is 24.3 Å². The highest BCUT2D eigenvalue weighted by atomic mass is 35.5. The summed E-state index contributed by atoms with van der Waals surface area (Å²) in [7, 11) is 0. The van der Waals surface area contributed by atoms with Gasteiger partial charge in [-0.1, -0.05) is 28.9 Å². The van der Waals surface area contributed by atoms with Crippen molar-refractivity contribution in [2.24, 2.45) is 5.73 Å². The third-order valence-corrected chi connectivity index (χ3v) is 3.90. The van der Waals surface area contributed by atoms with Crippen LogP contribution in [-0.2, 0) is 13.1 Å². The van der Waals surface area contributed by atoms with Crippen LogP contribution in [0, 0.1) is 0 Å². The zero-order valence-electron chi connectivity index (χ0n) is 11.5. The Bertz CT molecular complexity index is 573. The molecular formula is C14H18Cl2N4O. The molecule has 1 saturated heterocycles. The lowest BCUT2D eigenvalue weighted by Gasteiger charge is -2.23. The summed E-state index contributed by atoms with van der Waals surface area (Å²) in [6.45, 7) is 2.02. The first kappa shape index (κ1) is 16.2. The molecule has 2 heterocycles. The van der Waals surface area contributed by atoms with Crippen molar-refractivity contribution in [1.82, 2.24) is 15.0 Å². The first-order chi connectivity index (χ1) is 9.76. The topological polar surface area (TPSA) is 68.2 Å². The van der Waals surface area contributed by atoms with Gasteiger partial charge in [-0.2, -0.15) is 4.98 Å². The Morgan fingerprint density at radius 2 is 2.10 bits per heavy atom. The summed E-state index contributed by atoms with van der Waals surface area (Å²) in [5, 5.41) is 4.73. The number of halogens is 2. The molecule has 3 rings (SSSR count). The van der Waals surface area contributed by atoms with Gasteiger partial charge in [0.05, 0.1) is 13.1 Å². The summed E-state index contributed by atoms with van der Waals surface area (Å²) in [5.41, 5.74) is 6.77. The molecule has 5 nitrogen and oxygen atoms in total. The lowest BCUT2D eigenvalue weighted by atomic mass is 10.0. The van der Waals surface area contributed by atoms with Gasteiger partial charge < -0.3 is 10.3 Å². The molecule has 1 aromatic carbocycles. The maximum Gasteiger partial charge on any atom is 0.240 e. The number of rotatable bonds is 4. The highest BCUT2D eigenvalue weighted by molar-refractivity contribution is 6.30. The van der Waals surface area contributed by atoms with E-state index in [4.69, 9.17) is 21.9 Å². The van der Waals surface area contributed by atoms with Crippen LogP contribution in [0.3, 0.4) is 0 Å². The van der Waals surface area contributed by atoms with Crippen molar-refractivity contribution in [3.63, 3.8) is 0 Å². The summed E-state index contributed by atoms with van der Waals surface area (Å²) in [6.07, 6.45) is 2.32. The lowest BCUT2D eigenvalue weighted by Crippen LogP contribution is -2.23. The largest absolute Gasteiger partial charge is 0.338 e. The molecule has 1 unspecified atom stereocenters. The Kier molecular flexibility index (Phi) is 5.58. The molecule has 1 aromatic heterocycles. The minimum atomic E-state index is 0. The second kappa shape index (κ2) is 7.22. The Balaban J connectivity index is 0.00000161. The molecule has 1 atom stereocenters. The fraction of sp³-hybridized carbons (Fsp3) is 0.429. The van der Waals surface area contributed by atoms with Crippen molar-refractivity contribution < 1.29 is 4.52 Å². The summed E-state index contributed by atoms with van der Waals surface area (Å²) < 4.78 is 5.05. The Labute approximate surface area is 134 Å². The molecule has 0 amide bonds. The van der Waals surface area contributed by atoms with Crippen LogP contribution in [0.25, 0.3) is 0 Å². The summed E-state index contributed by atoms with van der Waals surface area (Å²) >= 11 is 5.95. The van der Waals surface area contributed by atoms with Gasteiger partial charge in [0.15, 0.2) is 5.82 Å². The van der Waals surface area contributed by atoms with Crippen LogP contribution in [0.15, 0.2) is 28.8 Å². The quantitative estimate of drug-likeness (QED) is 0.934. The fourth-order valence-electron chi connectivity index (χ4n) is 2.70. The maximum atomic E-state index is 5.95. The van der Waals surface area contributed by atoms with Crippen LogP contribution < -0.4 is 5.73 Å². The average molecular weight is 329 g/mol. The van der Waals surface area contributed by atoms with E-state index >= 15 is 0 Å². The predicted molar refractivity (Wildman–Crippen MR) is 83.3 cm³/mol. The van der Waals surface area contributed by atoms with Gasteiger partial charge in [-0.05, 0) is 37.1 Å². The molecule has 0 saturated carbocycles. The third-order valence-electron chi connectivity index (χ3n) is 3.65. The van der Waals surface area contributed by atoms with Crippen LogP contribution in [-0.4, -0.2) is 21.6 Å². The van der Waals surface area contributed by atoms with E-state index in [1.807, 2.05) is 12.1 Å². The number of benzene rings is 1. The number of nitrogens with zero attached hydrogens (tertiary/aromatic N) is 3. The predicted octanol–water partition coefficient (Wildman–Crippen LogP) is 2.94. The number of nitrogens with two attached hydrogens (primary N) is 1. The average Bonchev–Trinajstić information content (AvgIpc) is 3.09. The second-order valence-electron chi connectivity index (χ2n) is 4.99. The third kappa shape index (κ3) is 3.74. The molecule has 0 aliphatic carbocycles. The van der Waals surface area contributed by atoms with Crippen molar-refractivity contribution in [3.05, 3.63) is 46.6 Å². The zero-order chi connectivity index (χ0) is 13.9. The molecular weight excluding hydrogens is 311 g/mol. The van der Waals surface area contributed by atoms with Crippen molar-refractivity contribution in [1.29, 1.82) is 0 Å². The van der Waals surface area contributed by atoms with E-state index in [1.165, 1.54) is 12.0 Å². The molecule has 1 aliphatic rings. The molecule has 0 spiro atoms. The van der Waals surface area contributed by atoms with Gasteiger partial charge in [0.25, 0.3) is 0 Å². The fourth-order valence-corrected chi connectivity index (χ4v) is 2.82. The molecule has 1 aliphatic heterocycles. The Morgan fingerprint density at radius 3 is 2.76 bits per heavy atom. The molecule has 7 heteroatoms. The van der Waals surface area contributed by atoms with E-state index in [0.717, 1.165) is 18.0 Å². The van der Waals surface area contributed by atoms with Crippen LogP contribution in [0.5, 0.6) is 0 Å². The summed E-state index contributed by atoms with van der Waals surface area (Å²) in [4.78, 5) is 6.64. The van der Waals surface area contributed by atoms with E-state index in [2.05, 4.69) is 27.2 Å². The van der Waals surface area contributed by atoms with E-state index in [9.17, 15) is 0 Å². The minimum Gasteiger partial charge on any atom is -0.338 e. The monoisotopic (exact) mass is 328 g/mol. The standard InChI is InChI=1S/C14H17ClN4O.ClH/c15-11-5-3-10(4-6-11)12-2-1-7-19(12)9-13-17-14(8-16)20-18-13;/h3-6,12H,1-2,7-9,16H2;1H. The minimum absolute atomic E-state index is 0. The SMILES string of the molecule is Cl.NCc1nc(CN2CCCC2c2ccc(Cl)cc2)no1. The van der Waals surface area contributed by atoms with Gasteiger partial charge in [-0.15, -0.1) is 12.4 Å². The van der Waals surface area contributed by atoms with Crippen LogP contribution in [0.1, 0.15) is 36.2 Å². The molecule has 0 radical (unpaired) electrons. The van der Waals surface area contributed by atoms with E-state index in [1.54, 1.807) is 0 Å². The zero-order valence-corrected chi connectivity index (χ0v) is 13.1. The van der Waals surface area contributed by atoms with Crippen LogP contribution in [0.4, 0.5) is 0 Å². The normalized spacial score (nSPS) is 18.7. The van der Waals surface area contributed by atoms with Crippen molar-refractivity contribution in [3.8, 4) is 0 Å². The highest BCUT2D eigenvalue weighted by Crippen LogP contribution is 2.33. The van der Waals surface area contributed by atoms with Crippen molar-refractivity contribution in [2.75, 3.05) is 6.54 Å². The molecule has 2 aromatic rings. The first-order valence-electron chi connectivity index (χ1n) is 6.77. The number of hydrogen-bond acceptors (Lipinski definition) is 5. The highest BCUT2D eigenvalue weighted by Gasteiger charge is 2.27. The number of aromatic nitrogens is 2. The molecule has 0 bridgehead atoms. The number of likely N-dealkylation sites (tertiary alicyclic amines) is 1. The number of hydrogen-bond donors (Lipinski definition) is 1. The van der Waals surface area contributed by atoms with Gasteiger partial charge in [-0.3, -0.25) is 4.90 Å². The lowest BCUT2D eigenvalue weighted by molar-refractivity contribution is 0.238. The first-order valence-corrected chi connectivity index (χ1v) is 7.15. The molecule has 21 heavy (non-hydrogen) atoms. The Morgan fingerprint density at radius 1 is 1.33 bits per heavy atom. The van der Waals surface area contributed by atoms with Gasteiger partial charge in [0, 0.05) is 11.1 Å². The molecule has 2 N–H and O–H groups in total. The second-order valence-corrected chi connectivity index (χ2v) is 5.42. The van der Waals surface area contributed by atoms with E-state index < -0.39 is 0 Å². The van der Waals surface area contributed by atoms with Gasteiger partial charge in [0.1, 0.15) is 0 Å². The van der Waals surface area contributed by atoms with Gasteiger partial charge in [0.2, 0.25) is 5.89 Å².